The van der Waals surface area contributed by atoms with Crippen molar-refractivity contribution in [2.24, 2.45) is 0 Å². The van der Waals surface area contributed by atoms with Crippen molar-refractivity contribution in [3.05, 3.63) is 35.6 Å². The molecule has 3 nitrogen and oxygen atoms in total. The van der Waals surface area contributed by atoms with E-state index in [1.54, 1.807) is 13.2 Å². The van der Waals surface area contributed by atoms with Crippen LogP contribution in [-0.2, 0) is 4.74 Å². The predicted molar refractivity (Wildman–Crippen MR) is 76.8 cm³/mol. The van der Waals surface area contributed by atoms with Crippen LogP contribution in [0.4, 0.5) is 4.39 Å². The Morgan fingerprint density at radius 2 is 2.05 bits per heavy atom. The van der Waals surface area contributed by atoms with E-state index >= 15 is 0 Å². The predicted octanol–water partition coefficient (Wildman–Crippen LogP) is 2.44. The van der Waals surface area contributed by atoms with Crippen LogP contribution in [-0.4, -0.2) is 44.8 Å². The summed E-state index contributed by atoms with van der Waals surface area (Å²) >= 11 is 0. The van der Waals surface area contributed by atoms with Crippen LogP contribution in [0.2, 0.25) is 0 Å². The zero-order valence-corrected chi connectivity index (χ0v) is 12.3. The first-order valence-corrected chi connectivity index (χ1v) is 6.77. The van der Waals surface area contributed by atoms with Crippen molar-refractivity contribution in [1.29, 1.82) is 0 Å². The molecule has 2 unspecified atom stereocenters. The number of hydrogen-bond donors (Lipinski definition) is 1. The van der Waals surface area contributed by atoms with E-state index in [9.17, 15) is 4.39 Å². The van der Waals surface area contributed by atoms with Gasteiger partial charge in [-0.1, -0.05) is 25.1 Å². The molecule has 19 heavy (non-hydrogen) atoms. The molecule has 1 N–H and O–H groups in total. The monoisotopic (exact) mass is 268 g/mol. The molecule has 0 saturated heterocycles. The molecule has 4 heteroatoms. The minimum absolute atomic E-state index is 0.00416. The SMILES string of the molecule is CCNC(CN(C)C(C)COC)c1ccccc1F. The van der Waals surface area contributed by atoms with Crippen LogP contribution >= 0.6 is 0 Å². The number of hydrogen-bond acceptors (Lipinski definition) is 3. The number of methoxy groups -OCH3 is 1. The molecule has 0 aliphatic rings. The molecular formula is C15H25FN2O. The summed E-state index contributed by atoms with van der Waals surface area (Å²) in [6.45, 7) is 6.37. The first kappa shape index (κ1) is 16.1. The summed E-state index contributed by atoms with van der Waals surface area (Å²) < 4.78 is 19.0. The minimum Gasteiger partial charge on any atom is -0.383 e. The Morgan fingerprint density at radius 1 is 1.37 bits per heavy atom. The smallest absolute Gasteiger partial charge is 0.128 e. The lowest BCUT2D eigenvalue weighted by Crippen LogP contribution is -2.40. The molecule has 1 aromatic rings. The number of benzene rings is 1. The first-order chi connectivity index (χ1) is 9.10. The molecule has 0 fully saturated rings. The van der Waals surface area contributed by atoms with Gasteiger partial charge in [0, 0.05) is 31.3 Å². The third kappa shape index (κ3) is 4.90. The van der Waals surface area contributed by atoms with Crippen LogP contribution < -0.4 is 5.32 Å². The fraction of sp³-hybridized carbons (Fsp3) is 0.600. The van der Waals surface area contributed by atoms with Crippen LogP contribution in [0, 0.1) is 5.82 Å². The highest BCUT2D eigenvalue weighted by atomic mass is 19.1. The van der Waals surface area contributed by atoms with Crippen molar-refractivity contribution in [3.8, 4) is 0 Å². The molecule has 0 spiro atoms. The molecule has 0 heterocycles. The van der Waals surface area contributed by atoms with Crippen molar-refractivity contribution < 1.29 is 9.13 Å². The Hall–Kier alpha value is -0.970. The average molecular weight is 268 g/mol. The first-order valence-electron chi connectivity index (χ1n) is 6.77. The molecule has 0 aliphatic heterocycles. The molecule has 0 radical (unpaired) electrons. The second-order valence-corrected chi connectivity index (χ2v) is 4.88. The fourth-order valence-corrected chi connectivity index (χ4v) is 2.11. The van der Waals surface area contributed by atoms with Gasteiger partial charge in [-0.15, -0.1) is 0 Å². The van der Waals surface area contributed by atoms with Gasteiger partial charge in [-0.25, -0.2) is 4.39 Å². The van der Waals surface area contributed by atoms with Crippen LogP contribution in [0.3, 0.4) is 0 Å². The standard InChI is InChI=1S/C15H25FN2O/c1-5-17-15(10-18(3)12(2)11-19-4)13-8-6-7-9-14(13)16/h6-9,12,15,17H,5,10-11H2,1-4H3. The zero-order chi connectivity index (χ0) is 14.3. The van der Waals surface area contributed by atoms with Gasteiger partial charge in [-0.05, 0) is 26.6 Å². The van der Waals surface area contributed by atoms with E-state index in [0.29, 0.717) is 12.6 Å². The lowest BCUT2D eigenvalue weighted by Gasteiger charge is -2.29. The summed E-state index contributed by atoms with van der Waals surface area (Å²) in [4.78, 5) is 2.18. The molecule has 0 aromatic heterocycles. The van der Waals surface area contributed by atoms with E-state index in [0.717, 1.165) is 18.7 Å². The molecule has 0 amide bonds. The Labute approximate surface area is 115 Å². The normalized spacial score (nSPS) is 14.6. The minimum atomic E-state index is -0.152. The van der Waals surface area contributed by atoms with Gasteiger partial charge >= 0.3 is 0 Å². The van der Waals surface area contributed by atoms with Crippen molar-refractivity contribution in [2.75, 3.05) is 33.9 Å². The third-order valence-electron chi connectivity index (χ3n) is 3.36. The third-order valence-corrected chi connectivity index (χ3v) is 3.36. The maximum absolute atomic E-state index is 13.9. The molecular weight excluding hydrogens is 243 g/mol. The van der Waals surface area contributed by atoms with Gasteiger partial charge in [0.05, 0.1) is 6.61 Å². The summed E-state index contributed by atoms with van der Waals surface area (Å²) in [7, 11) is 3.73. The highest BCUT2D eigenvalue weighted by molar-refractivity contribution is 5.21. The highest BCUT2D eigenvalue weighted by Crippen LogP contribution is 2.18. The van der Waals surface area contributed by atoms with Gasteiger partial charge in [0.1, 0.15) is 5.82 Å². The summed E-state index contributed by atoms with van der Waals surface area (Å²) in [5.74, 6) is -0.152. The van der Waals surface area contributed by atoms with E-state index in [-0.39, 0.29) is 11.9 Å². The van der Waals surface area contributed by atoms with Crippen LogP contribution in [0.25, 0.3) is 0 Å². The van der Waals surface area contributed by atoms with Gasteiger partial charge in [0.2, 0.25) is 0 Å². The van der Waals surface area contributed by atoms with E-state index in [1.807, 2.05) is 26.1 Å². The van der Waals surface area contributed by atoms with Crippen molar-refractivity contribution >= 4 is 0 Å². The largest absolute Gasteiger partial charge is 0.383 e. The van der Waals surface area contributed by atoms with Gasteiger partial charge in [-0.2, -0.15) is 0 Å². The number of nitrogens with zero attached hydrogens (tertiary/aromatic N) is 1. The molecule has 1 rings (SSSR count). The summed E-state index contributed by atoms with van der Waals surface area (Å²) in [6.07, 6.45) is 0. The Bertz CT molecular complexity index is 373. The molecule has 0 aliphatic carbocycles. The second kappa shape index (κ2) is 8.25. The quantitative estimate of drug-likeness (QED) is 0.784. The number of likely N-dealkylation sites (N-methyl/N-ethyl adjacent to an activating group) is 2. The lowest BCUT2D eigenvalue weighted by molar-refractivity contribution is 0.109. The molecule has 0 saturated carbocycles. The Kier molecular flexibility index (Phi) is 6.99. The van der Waals surface area contributed by atoms with Gasteiger partial charge < -0.3 is 10.1 Å². The number of halogens is 1. The van der Waals surface area contributed by atoms with E-state index in [4.69, 9.17) is 4.74 Å². The Morgan fingerprint density at radius 3 is 2.63 bits per heavy atom. The maximum Gasteiger partial charge on any atom is 0.128 e. The van der Waals surface area contributed by atoms with Crippen LogP contribution in [0.1, 0.15) is 25.5 Å². The number of ether oxygens (including phenoxy) is 1. The van der Waals surface area contributed by atoms with Gasteiger partial charge in [-0.3, -0.25) is 4.90 Å². The van der Waals surface area contributed by atoms with E-state index in [1.165, 1.54) is 6.07 Å². The molecule has 0 bridgehead atoms. The Balaban J connectivity index is 2.75. The number of nitrogens with one attached hydrogen (secondary N) is 1. The fourth-order valence-electron chi connectivity index (χ4n) is 2.11. The van der Waals surface area contributed by atoms with Gasteiger partial charge in [0.15, 0.2) is 0 Å². The van der Waals surface area contributed by atoms with Crippen LogP contribution in [0.5, 0.6) is 0 Å². The summed E-state index contributed by atoms with van der Waals surface area (Å²) in [5.41, 5.74) is 0.723. The second-order valence-electron chi connectivity index (χ2n) is 4.88. The highest BCUT2D eigenvalue weighted by Gasteiger charge is 2.19. The number of rotatable bonds is 8. The topological polar surface area (TPSA) is 24.5 Å². The van der Waals surface area contributed by atoms with E-state index < -0.39 is 0 Å². The molecule has 1 aromatic carbocycles. The molecule has 2 atom stereocenters. The summed E-state index contributed by atoms with van der Waals surface area (Å²) in [5, 5.41) is 3.35. The van der Waals surface area contributed by atoms with Gasteiger partial charge in [0.25, 0.3) is 0 Å². The van der Waals surface area contributed by atoms with Crippen molar-refractivity contribution in [2.45, 2.75) is 25.9 Å². The summed E-state index contributed by atoms with van der Waals surface area (Å²) in [6, 6.07) is 7.25. The van der Waals surface area contributed by atoms with E-state index in [2.05, 4.69) is 17.1 Å². The van der Waals surface area contributed by atoms with Crippen LogP contribution in [0.15, 0.2) is 24.3 Å². The van der Waals surface area contributed by atoms with Crippen molar-refractivity contribution in [3.63, 3.8) is 0 Å². The average Bonchev–Trinajstić information content (AvgIpc) is 2.39. The zero-order valence-electron chi connectivity index (χ0n) is 12.3. The lowest BCUT2D eigenvalue weighted by atomic mass is 10.1. The van der Waals surface area contributed by atoms with Crippen molar-refractivity contribution in [1.82, 2.24) is 10.2 Å². The molecule has 108 valence electrons. The maximum atomic E-state index is 13.9.